The first-order valence-corrected chi connectivity index (χ1v) is 5.84. The van der Waals surface area contributed by atoms with E-state index in [2.05, 4.69) is 4.98 Å². The molecule has 0 saturated heterocycles. The number of aliphatic hydroxyl groups is 1. The van der Waals surface area contributed by atoms with Gasteiger partial charge in [0, 0.05) is 10.4 Å². The topological polar surface area (TPSA) is 70.4 Å². The molecule has 5 heteroatoms. The van der Waals surface area contributed by atoms with Gasteiger partial charge in [0.1, 0.15) is 5.01 Å². The van der Waals surface area contributed by atoms with Crippen molar-refractivity contribution in [3.8, 4) is 11.3 Å². The molecule has 0 aliphatic rings. The molecule has 0 amide bonds. The molecule has 2 aromatic rings. The quantitative estimate of drug-likeness (QED) is 0.875. The minimum absolute atomic E-state index is 0.0931. The maximum absolute atomic E-state index is 10.9. The molecule has 0 radical (unpaired) electrons. The maximum Gasteiger partial charge on any atom is 0.335 e. The number of thiazole rings is 1. The fourth-order valence-corrected chi connectivity index (χ4v) is 2.40. The monoisotopic (exact) mass is 249 g/mol. The summed E-state index contributed by atoms with van der Waals surface area (Å²) in [6.45, 7) is 1.81. The van der Waals surface area contributed by atoms with Gasteiger partial charge in [-0.25, -0.2) is 9.78 Å². The summed E-state index contributed by atoms with van der Waals surface area (Å²) in [6, 6.07) is 6.64. The minimum Gasteiger partial charge on any atom is -0.478 e. The van der Waals surface area contributed by atoms with E-state index in [0.717, 1.165) is 16.1 Å². The lowest BCUT2D eigenvalue weighted by atomic mass is 10.1. The summed E-state index contributed by atoms with van der Waals surface area (Å²) in [4.78, 5) is 16.1. The molecule has 0 aliphatic carbocycles. The Morgan fingerprint density at radius 1 is 1.47 bits per heavy atom. The number of carboxylic acids is 1. The molecular weight excluding hydrogens is 238 g/mol. The van der Waals surface area contributed by atoms with Crippen molar-refractivity contribution in [3.05, 3.63) is 39.7 Å². The summed E-state index contributed by atoms with van der Waals surface area (Å²) in [6.07, 6.45) is 0. The molecule has 17 heavy (non-hydrogen) atoms. The third-order valence-corrected chi connectivity index (χ3v) is 3.31. The number of hydrogen-bond acceptors (Lipinski definition) is 4. The standard InChI is InChI=1S/C12H11NO3S/c1-7-11(13-10(6-14)17-7)8-3-2-4-9(5-8)12(15)16/h2-5,14H,6H2,1H3,(H,15,16). The van der Waals surface area contributed by atoms with Crippen LogP contribution in [-0.2, 0) is 6.61 Å². The molecule has 4 nitrogen and oxygen atoms in total. The Labute approximate surface area is 102 Å². The number of benzene rings is 1. The average Bonchev–Trinajstić information content (AvgIpc) is 2.71. The van der Waals surface area contributed by atoms with Crippen LogP contribution in [0.25, 0.3) is 11.3 Å². The molecule has 1 aromatic heterocycles. The molecule has 1 heterocycles. The van der Waals surface area contributed by atoms with Gasteiger partial charge in [-0.3, -0.25) is 0 Å². The van der Waals surface area contributed by atoms with Gasteiger partial charge in [-0.1, -0.05) is 12.1 Å². The molecule has 0 fully saturated rings. The molecule has 0 atom stereocenters. The second kappa shape index (κ2) is 4.65. The Morgan fingerprint density at radius 2 is 2.24 bits per heavy atom. The highest BCUT2D eigenvalue weighted by Crippen LogP contribution is 2.28. The number of aromatic nitrogens is 1. The zero-order chi connectivity index (χ0) is 12.4. The van der Waals surface area contributed by atoms with E-state index in [-0.39, 0.29) is 12.2 Å². The summed E-state index contributed by atoms with van der Waals surface area (Å²) in [5.41, 5.74) is 1.74. The van der Waals surface area contributed by atoms with Crippen LogP contribution in [0.4, 0.5) is 0 Å². The van der Waals surface area contributed by atoms with Gasteiger partial charge in [0.2, 0.25) is 0 Å². The number of aliphatic hydroxyl groups excluding tert-OH is 1. The van der Waals surface area contributed by atoms with Crippen molar-refractivity contribution in [2.24, 2.45) is 0 Å². The second-order valence-corrected chi connectivity index (χ2v) is 4.84. The lowest BCUT2D eigenvalue weighted by molar-refractivity contribution is 0.0697. The van der Waals surface area contributed by atoms with Crippen LogP contribution in [0.3, 0.4) is 0 Å². The molecule has 0 unspecified atom stereocenters. The van der Waals surface area contributed by atoms with Crippen LogP contribution >= 0.6 is 11.3 Å². The minimum atomic E-state index is -0.956. The van der Waals surface area contributed by atoms with E-state index in [0.29, 0.717) is 5.01 Å². The lowest BCUT2D eigenvalue weighted by Crippen LogP contribution is -1.96. The first-order chi connectivity index (χ1) is 8.11. The number of nitrogens with zero attached hydrogens (tertiary/aromatic N) is 1. The van der Waals surface area contributed by atoms with E-state index < -0.39 is 5.97 Å². The molecule has 0 aliphatic heterocycles. The van der Waals surface area contributed by atoms with Crippen molar-refractivity contribution in [1.29, 1.82) is 0 Å². The predicted molar refractivity (Wildman–Crippen MR) is 65.2 cm³/mol. The van der Waals surface area contributed by atoms with Gasteiger partial charge < -0.3 is 10.2 Å². The second-order valence-electron chi connectivity index (χ2n) is 3.56. The van der Waals surface area contributed by atoms with Crippen LogP contribution < -0.4 is 0 Å². The van der Waals surface area contributed by atoms with E-state index in [4.69, 9.17) is 10.2 Å². The van der Waals surface area contributed by atoms with Gasteiger partial charge >= 0.3 is 5.97 Å². The van der Waals surface area contributed by atoms with Crippen LogP contribution in [0.15, 0.2) is 24.3 Å². The lowest BCUT2D eigenvalue weighted by Gasteiger charge is -2.00. The van der Waals surface area contributed by atoms with E-state index in [9.17, 15) is 4.79 Å². The molecular formula is C12H11NO3S. The number of carbonyl (C=O) groups is 1. The highest BCUT2D eigenvalue weighted by molar-refractivity contribution is 7.12. The predicted octanol–water partition coefficient (Wildman–Crippen LogP) is 2.31. The Balaban J connectivity index is 2.48. The van der Waals surface area contributed by atoms with Gasteiger partial charge in [-0.2, -0.15) is 0 Å². The highest BCUT2D eigenvalue weighted by Gasteiger charge is 2.11. The molecule has 0 bridgehead atoms. The summed E-state index contributed by atoms with van der Waals surface area (Å²) in [7, 11) is 0. The van der Waals surface area contributed by atoms with Crippen molar-refractivity contribution in [1.82, 2.24) is 4.98 Å². The summed E-state index contributed by atoms with van der Waals surface area (Å²) >= 11 is 1.41. The largest absolute Gasteiger partial charge is 0.478 e. The Bertz CT molecular complexity index is 563. The summed E-state index contributed by atoms with van der Waals surface area (Å²) < 4.78 is 0. The molecule has 0 spiro atoms. The Kier molecular flexibility index (Phi) is 3.21. The van der Waals surface area contributed by atoms with Crippen molar-refractivity contribution in [2.75, 3.05) is 0 Å². The molecule has 0 saturated carbocycles. The molecule has 2 N–H and O–H groups in total. The van der Waals surface area contributed by atoms with E-state index in [1.165, 1.54) is 11.3 Å². The average molecular weight is 249 g/mol. The molecule has 1 aromatic carbocycles. The van der Waals surface area contributed by atoms with Gasteiger partial charge in [-0.05, 0) is 19.1 Å². The third-order valence-electron chi connectivity index (χ3n) is 2.36. The maximum atomic E-state index is 10.9. The van der Waals surface area contributed by atoms with Gasteiger partial charge in [0.15, 0.2) is 0 Å². The Hall–Kier alpha value is -1.72. The normalized spacial score (nSPS) is 10.5. The number of aryl methyl sites for hydroxylation is 1. The van der Waals surface area contributed by atoms with Crippen LogP contribution in [0.1, 0.15) is 20.2 Å². The van der Waals surface area contributed by atoms with Crippen molar-refractivity contribution in [3.63, 3.8) is 0 Å². The summed E-state index contributed by atoms with van der Waals surface area (Å²) in [5, 5.41) is 18.6. The molecule has 88 valence electrons. The van der Waals surface area contributed by atoms with E-state index in [1.807, 2.05) is 13.0 Å². The number of hydrogen-bond donors (Lipinski definition) is 2. The first-order valence-electron chi connectivity index (χ1n) is 5.02. The van der Waals surface area contributed by atoms with Crippen LogP contribution in [0.5, 0.6) is 0 Å². The number of carboxylic acid groups (broad SMARTS) is 1. The number of aromatic carboxylic acids is 1. The number of rotatable bonds is 3. The van der Waals surface area contributed by atoms with E-state index >= 15 is 0 Å². The first kappa shape index (κ1) is 11.8. The third kappa shape index (κ3) is 2.35. The van der Waals surface area contributed by atoms with Gasteiger partial charge in [-0.15, -0.1) is 11.3 Å². The zero-order valence-electron chi connectivity index (χ0n) is 9.17. The molecule has 2 rings (SSSR count). The fourth-order valence-electron chi connectivity index (χ4n) is 1.59. The SMILES string of the molecule is Cc1sc(CO)nc1-c1cccc(C(=O)O)c1. The fraction of sp³-hybridized carbons (Fsp3) is 0.167. The van der Waals surface area contributed by atoms with Crippen molar-refractivity contribution in [2.45, 2.75) is 13.5 Å². The van der Waals surface area contributed by atoms with Gasteiger partial charge in [0.25, 0.3) is 0 Å². The highest BCUT2D eigenvalue weighted by atomic mass is 32.1. The summed E-state index contributed by atoms with van der Waals surface area (Å²) in [5.74, 6) is -0.956. The zero-order valence-corrected chi connectivity index (χ0v) is 9.99. The van der Waals surface area contributed by atoms with Gasteiger partial charge in [0.05, 0.1) is 17.9 Å². The van der Waals surface area contributed by atoms with Crippen molar-refractivity contribution < 1.29 is 15.0 Å². The van der Waals surface area contributed by atoms with Crippen molar-refractivity contribution >= 4 is 17.3 Å². The Morgan fingerprint density at radius 3 is 2.82 bits per heavy atom. The van der Waals surface area contributed by atoms with Crippen LogP contribution in [0.2, 0.25) is 0 Å². The van der Waals surface area contributed by atoms with Crippen LogP contribution in [0, 0.1) is 6.92 Å². The van der Waals surface area contributed by atoms with E-state index in [1.54, 1.807) is 18.2 Å². The van der Waals surface area contributed by atoms with Crippen LogP contribution in [-0.4, -0.2) is 21.2 Å². The smallest absolute Gasteiger partial charge is 0.335 e.